The molecule has 1 amide bonds. The highest BCUT2D eigenvalue weighted by atomic mass is 16.1. The first kappa shape index (κ1) is 11.0. The van der Waals surface area contributed by atoms with E-state index in [4.69, 9.17) is 0 Å². The van der Waals surface area contributed by atoms with Gasteiger partial charge in [0.15, 0.2) is 0 Å². The van der Waals surface area contributed by atoms with E-state index >= 15 is 0 Å². The molecular weight excluding hydrogens is 224 g/mol. The molecule has 1 heterocycles. The molecule has 0 bridgehead atoms. The Morgan fingerprint density at radius 1 is 1.11 bits per heavy atom. The van der Waals surface area contributed by atoms with Crippen LogP contribution in [0.4, 0.5) is 5.69 Å². The van der Waals surface area contributed by atoms with Gasteiger partial charge >= 0.3 is 0 Å². The Balaban J connectivity index is 1.79. The quantitative estimate of drug-likeness (QED) is 0.874. The van der Waals surface area contributed by atoms with Crippen molar-refractivity contribution >= 4 is 11.6 Å². The number of aryl methyl sites for hydroxylation is 2. The average Bonchev–Trinajstić information content (AvgIpc) is 2.87. The van der Waals surface area contributed by atoms with Gasteiger partial charge in [-0.3, -0.25) is 9.78 Å². The van der Waals surface area contributed by atoms with Gasteiger partial charge in [0.2, 0.25) is 0 Å². The van der Waals surface area contributed by atoms with Gasteiger partial charge in [0.1, 0.15) is 5.69 Å². The molecule has 3 heteroatoms. The van der Waals surface area contributed by atoms with Crippen molar-refractivity contribution in [2.24, 2.45) is 0 Å². The summed E-state index contributed by atoms with van der Waals surface area (Å²) in [4.78, 5) is 16.0. The maximum Gasteiger partial charge on any atom is 0.274 e. The van der Waals surface area contributed by atoms with E-state index in [9.17, 15) is 4.79 Å². The lowest BCUT2D eigenvalue weighted by molar-refractivity contribution is 0.102. The van der Waals surface area contributed by atoms with E-state index in [1.807, 2.05) is 12.1 Å². The minimum atomic E-state index is -0.159. The van der Waals surface area contributed by atoms with Crippen LogP contribution < -0.4 is 5.32 Å². The smallest absolute Gasteiger partial charge is 0.274 e. The van der Waals surface area contributed by atoms with Gasteiger partial charge in [0.05, 0.1) is 0 Å². The van der Waals surface area contributed by atoms with Crippen LogP contribution in [0.25, 0.3) is 0 Å². The van der Waals surface area contributed by atoms with Crippen LogP contribution >= 0.6 is 0 Å². The lowest BCUT2D eigenvalue weighted by Gasteiger charge is -2.06. The molecule has 0 unspecified atom stereocenters. The first-order valence-corrected chi connectivity index (χ1v) is 6.17. The van der Waals surface area contributed by atoms with Crippen molar-refractivity contribution in [3.63, 3.8) is 0 Å². The number of nitrogens with zero attached hydrogens (tertiary/aromatic N) is 1. The maximum absolute atomic E-state index is 11.9. The number of pyridine rings is 1. The number of nitrogens with one attached hydrogen (secondary N) is 1. The van der Waals surface area contributed by atoms with Gasteiger partial charge < -0.3 is 5.32 Å². The highest BCUT2D eigenvalue weighted by Gasteiger charge is 2.12. The summed E-state index contributed by atoms with van der Waals surface area (Å²) in [6.45, 7) is 0. The Bertz CT molecular complexity index is 578. The minimum Gasteiger partial charge on any atom is -0.321 e. The molecule has 1 N–H and O–H groups in total. The summed E-state index contributed by atoms with van der Waals surface area (Å²) < 4.78 is 0. The standard InChI is InChI=1S/C15H14N2O/c18-15(14-6-1-2-9-16-14)17-13-8-7-11-4-3-5-12(11)10-13/h1-2,6-10H,3-5H2,(H,17,18). The van der Waals surface area contributed by atoms with E-state index in [0.717, 1.165) is 18.5 Å². The van der Waals surface area contributed by atoms with Crippen LogP contribution in [0.2, 0.25) is 0 Å². The van der Waals surface area contributed by atoms with E-state index < -0.39 is 0 Å². The molecule has 0 fully saturated rings. The molecule has 1 aliphatic carbocycles. The zero-order chi connectivity index (χ0) is 12.4. The normalized spacial score (nSPS) is 13.1. The number of benzene rings is 1. The van der Waals surface area contributed by atoms with Gasteiger partial charge in [0, 0.05) is 11.9 Å². The molecule has 1 aliphatic rings. The third-order valence-corrected chi connectivity index (χ3v) is 3.25. The van der Waals surface area contributed by atoms with Crippen LogP contribution in [0.1, 0.15) is 28.0 Å². The van der Waals surface area contributed by atoms with Crippen LogP contribution in [-0.4, -0.2) is 10.9 Å². The molecule has 3 rings (SSSR count). The molecule has 1 aromatic carbocycles. The number of amides is 1. The lowest BCUT2D eigenvalue weighted by atomic mass is 10.1. The molecule has 18 heavy (non-hydrogen) atoms. The van der Waals surface area contributed by atoms with E-state index in [1.54, 1.807) is 18.3 Å². The first-order valence-electron chi connectivity index (χ1n) is 6.17. The molecule has 1 aromatic heterocycles. The second-order valence-corrected chi connectivity index (χ2v) is 4.51. The van der Waals surface area contributed by atoms with Gasteiger partial charge in [-0.25, -0.2) is 0 Å². The highest BCUT2D eigenvalue weighted by molar-refractivity contribution is 6.02. The van der Waals surface area contributed by atoms with Crippen molar-refractivity contribution in [2.75, 3.05) is 5.32 Å². The summed E-state index contributed by atoms with van der Waals surface area (Å²) >= 11 is 0. The van der Waals surface area contributed by atoms with E-state index in [2.05, 4.69) is 22.4 Å². The minimum absolute atomic E-state index is 0.159. The van der Waals surface area contributed by atoms with Crippen molar-refractivity contribution in [1.82, 2.24) is 4.98 Å². The molecule has 0 radical (unpaired) electrons. The maximum atomic E-state index is 11.9. The van der Waals surface area contributed by atoms with Gasteiger partial charge in [-0.05, 0) is 54.7 Å². The van der Waals surface area contributed by atoms with Gasteiger partial charge in [-0.2, -0.15) is 0 Å². The molecule has 2 aromatic rings. The summed E-state index contributed by atoms with van der Waals surface area (Å²) in [6.07, 6.45) is 5.11. The van der Waals surface area contributed by atoms with Crippen LogP contribution in [0.5, 0.6) is 0 Å². The zero-order valence-corrected chi connectivity index (χ0v) is 10.0. The fraction of sp³-hybridized carbons (Fsp3) is 0.200. The first-order chi connectivity index (χ1) is 8.83. The molecular formula is C15H14N2O. The van der Waals surface area contributed by atoms with E-state index in [-0.39, 0.29) is 5.91 Å². The third-order valence-electron chi connectivity index (χ3n) is 3.25. The Kier molecular flexibility index (Phi) is 2.81. The monoisotopic (exact) mass is 238 g/mol. The summed E-state index contributed by atoms with van der Waals surface area (Å²) in [7, 11) is 0. The lowest BCUT2D eigenvalue weighted by Crippen LogP contribution is -2.13. The molecule has 0 saturated heterocycles. The Hall–Kier alpha value is -2.16. The summed E-state index contributed by atoms with van der Waals surface area (Å²) in [5.74, 6) is -0.159. The predicted octanol–water partition coefficient (Wildman–Crippen LogP) is 2.82. The number of anilines is 1. The topological polar surface area (TPSA) is 42.0 Å². The number of rotatable bonds is 2. The number of carbonyl (C=O) groups excluding carboxylic acids is 1. The van der Waals surface area contributed by atoms with Crippen molar-refractivity contribution in [3.8, 4) is 0 Å². The van der Waals surface area contributed by atoms with Gasteiger partial charge in [-0.1, -0.05) is 12.1 Å². The number of hydrogen-bond donors (Lipinski definition) is 1. The fourth-order valence-corrected chi connectivity index (χ4v) is 2.34. The number of aromatic nitrogens is 1. The molecule has 0 saturated carbocycles. The second-order valence-electron chi connectivity index (χ2n) is 4.51. The van der Waals surface area contributed by atoms with Crippen molar-refractivity contribution < 1.29 is 4.79 Å². The number of fused-ring (bicyclic) bond motifs is 1. The highest BCUT2D eigenvalue weighted by Crippen LogP contribution is 2.25. The summed E-state index contributed by atoms with van der Waals surface area (Å²) in [5, 5.41) is 2.89. The average molecular weight is 238 g/mol. The van der Waals surface area contributed by atoms with Gasteiger partial charge in [-0.15, -0.1) is 0 Å². The number of carbonyl (C=O) groups is 1. The van der Waals surface area contributed by atoms with Crippen molar-refractivity contribution in [2.45, 2.75) is 19.3 Å². The van der Waals surface area contributed by atoms with Crippen LogP contribution in [0.15, 0.2) is 42.6 Å². The summed E-state index contributed by atoms with van der Waals surface area (Å²) in [5.41, 5.74) is 4.06. The molecule has 3 nitrogen and oxygen atoms in total. The fourth-order valence-electron chi connectivity index (χ4n) is 2.34. The molecule has 90 valence electrons. The predicted molar refractivity (Wildman–Crippen MR) is 70.7 cm³/mol. The second kappa shape index (κ2) is 4.61. The number of hydrogen-bond acceptors (Lipinski definition) is 2. The van der Waals surface area contributed by atoms with Crippen molar-refractivity contribution in [3.05, 3.63) is 59.4 Å². The largest absolute Gasteiger partial charge is 0.321 e. The Morgan fingerprint density at radius 2 is 2.00 bits per heavy atom. The van der Waals surface area contributed by atoms with Crippen LogP contribution in [-0.2, 0) is 12.8 Å². The Morgan fingerprint density at radius 3 is 2.83 bits per heavy atom. The van der Waals surface area contributed by atoms with E-state index in [0.29, 0.717) is 5.69 Å². The molecule has 0 atom stereocenters. The van der Waals surface area contributed by atoms with E-state index in [1.165, 1.54) is 17.5 Å². The SMILES string of the molecule is O=C(Nc1ccc2c(c1)CCC2)c1ccccn1. The van der Waals surface area contributed by atoms with Crippen molar-refractivity contribution in [1.29, 1.82) is 0 Å². The summed E-state index contributed by atoms with van der Waals surface area (Å²) in [6, 6.07) is 11.5. The van der Waals surface area contributed by atoms with Crippen LogP contribution in [0, 0.1) is 0 Å². The van der Waals surface area contributed by atoms with Crippen LogP contribution in [0.3, 0.4) is 0 Å². The van der Waals surface area contributed by atoms with Gasteiger partial charge in [0.25, 0.3) is 5.91 Å². The zero-order valence-electron chi connectivity index (χ0n) is 10.0. The third kappa shape index (κ3) is 2.12. The Labute approximate surface area is 106 Å². The molecule has 0 spiro atoms. The molecule has 0 aliphatic heterocycles.